The van der Waals surface area contributed by atoms with Crippen LogP contribution in [0.3, 0.4) is 0 Å². The molecule has 156 valence electrons. The molecule has 0 aliphatic carbocycles. The zero-order valence-electron chi connectivity index (χ0n) is 16.9. The van der Waals surface area contributed by atoms with Crippen LogP contribution in [0.1, 0.15) is 16.1 Å². The largest absolute Gasteiger partial charge is 0.503 e. The number of nitrogens with zero attached hydrogens (tertiary/aromatic N) is 4. The second-order valence-electron chi connectivity index (χ2n) is 6.88. The summed E-state index contributed by atoms with van der Waals surface area (Å²) in [6.45, 7) is 0. The van der Waals surface area contributed by atoms with Crippen LogP contribution < -0.4 is 9.64 Å². The van der Waals surface area contributed by atoms with Crippen molar-refractivity contribution in [3.8, 4) is 11.5 Å². The zero-order valence-corrected chi connectivity index (χ0v) is 17.7. The molecule has 0 bridgehead atoms. The van der Waals surface area contributed by atoms with Crippen LogP contribution in [-0.4, -0.2) is 40.0 Å². The number of benzene rings is 1. The maximum absolute atomic E-state index is 12.7. The lowest BCUT2D eigenvalue weighted by molar-refractivity contribution is 0.0984. The predicted molar refractivity (Wildman–Crippen MR) is 120 cm³/mol. The van der Waals surface area contributed by atoms with Crippen molar-refractivity contribution in [2.75, 3.05) is 19.1 Å². The van der Waals surface area contributed by atoms with E-state index in [0.717, 1.165) is 28.0 Å². The molecule has 31 heavy (non-hydrogen) atoms. The molecule has 0 saturated heterocycles. The van der Waals surface area contributed by atoms with Crippen LogP contribution in [-0.2, 0) is 6.42 Å². The van der Waals surface area contributed by atoms with Crippen LogP contribution in [0, 0.1) is 0 Å². The number of fused-ring (bicyclic) bond motifs is 1. The molecule has 1 N–H and O–H groups in total. The number of carbonyl (C=O) groups is 1. The minimum atomic E-state index is -0.300. The van der Waals surface area contributed by atoms with E-state index in [9.17, 15) is 9.90 Å². The molecule has 0 spiro atoms. The van der Waals surface area contributed by atoms with Crippen molar-refractivity contribution in [2.45, 2.75) is 6.42 Å². The SMILES string of the molecule is COc1ccnc(C(=O)Cc2ccc3nc(N(C)c4cccnc4Cl)ccc3c2)c1O. The Bertz CT molecular complexity index is 1280. The summed E-state index contributed by atoms with van der Waals surface area (Å²) in [5, 5.41) is 11.5. The van der Waals surface area contributed by atoms with E-state index in [-0.39, 0.29) is 29.4 Å². The average molecular weight is 435 g/mol. The molecule has 3 heterocycles. The molecule has 3 aromatic heterocycles. The smallest absolute Gasteiger partial charge is 0.189 e. The van der Waals surface area contributed by atoms with E-state index in [1.54, 1.807) is 6.20 Å². The molecule has 4 rings (SSSR count). The van der Waals surface area contributed by atoms with E-state index in [2.05, 4.69) is 9.97 Å². The number of ketones is 1. The highest BCUT2D eigenvalue weighted by Crippen LogP contribution is 2.30. The van der Waals surface area contributed by atoms with E-state index in [0.29, 0.717) is 5.15 Å². The van der Waals surface area contributed by atoms with Gasteiger partial charge in [-0.15, -0.1) is 0 Å². The number of aromatic hydroxyl groups is 1. The number of pyridine rings is 3. The number of methoxy groups -OCH3 is 1. The fourth-order valence-electron chi connectivity index (χ4n) is 3.29. The molecule has 0 aliphatic heterocycles. The van der Waals surface area contributed by atoms with Gasteiger partial charge in [-0.3, -0.25) is 4.79 Å². The zero-order chi connectivity index (χ0) is 22.0. The van der Waals surface area contributed by atoms with Crippen molar-refractivity contribution >= 4 is 39.8 Å². The lowest BCUT2D eigenvalue weighted by Gasteiger charge is -2.19. The summed E-state index contributed by atoms with van der Waals surface area (Å²) in [5.41, 5.74) is 2.31. The molecule has 0 saturated carbocycles. The topological polar surface area (TPSA) is 88.4 Å². The molecule has 0 atom stereocenters. The van der Waals surface area contributed by atoms with Crippen molar-refractivity contribution < 1.29 is 14.6 Å². The first kappa shape index (κ1) is 20.6. The number of carbonyl (C=O) groups excluding carboxylic acids is 1. The highest BCUT2D eigenvalue weighted by atomic mass is 35.5. The van der Waals surface area contributed by atoms with Gasteiger partial charge in [-0.1, -0.05) is 17.7 Å². The lowest BCUT2D eigenvalue weighted by atomic mass is 10.0. The van der Waals surface area contributed by atoms with E-state index in [1.807, 2.05) is 54.4 Å². The average Bonchev–Trinajstić information content (AvgIpc) is 2.78. The van der Waals surface area contributed by atoms with Crippen LogP contribution in [0.15, 0.2) is 60.9 Å². The summed E-state index contributed by atoms with van der Waals surface area (Å²) >= 11 is 6.19. The second kappa shape index (κ2) is 8.57. The number of halogens is 1. The molecule has 0 radical (unpaired) electrons. The van der Waals surface area contributed by atoms with Gasteiger partial charge < -0.3 is 14.7 Å². The van der Waals surface area contributed by atoms with E-state index in [1.165, 1.54) is 19.4 Å². The third-order valence-electron chi connectivity index (χ3n) is 4.92. The Morgan fingerprint density at radius 2 is 1.97 bits per heavy atom. The standard InChI is InChI=1S/C23H19ClN4O3/c1-28(17-4-3-10-26-23(17)24)20-8-6-15-12-14(5-7-16(15)27-20)13-18(29)21-22(30)19(31-2)9-11-25-21/h3-12,30H,13H2,1-2H3. The summed E-state index contributed by atoms with van der Waals surface area (Å²) in [7, 11) is 3.30. The Hall–Kier alpha value is -3.71. The number of ether oxygens (including phenoxy) is 1. The maximum atomic E-state index is 12.7. The van der Waals surface area contributed by atoms with Gasteiger partial charge >= 0.3 is 0 Å². The van der Waals surface area contributed by atoms with Gasteiger partial charge in [-0.25, -0.2) is 15.0 Å². The second-order valence-corrected chi connectivity index (χ2v) is 7.24. The summed E-state index contributed by atoms with van der Waals surface area (Å²) in [4.78, 5) is 27.3. The molecule has 0 fully saturated rings. The highest BCUT2D eigenvalue weighted by Gasteiger charge is 2.17. The maximum Gasteiger partial charge on any atom is 0.189 e. The Morgan fingerprint density at radius 3 is 2.74 bits per heavy atom. The van der Waals surface area contributed by atoms with Gasteiger partial charge in [0, 0.05) is 37.3 Å². The van der Waals surface area contributed by atoms with Gasteiger partial charge in [0.1, 0.15) is 5.82 Å². The van der Waals surface area contributed by atoms with Crippen LogP contribution in [0.2, 0.25) is 5.15 Å². The van der Waals surface area contributed by atoms with Crippen LogP contribution in [0.4, 0.5) is 11.5 Å². The fraction of sp³-hybridized carbons (Fsp3) is 0.130. The Balaban J connectivity index is 1.59. The monoisotopic (exact) mass is 434 g/mol. The van der Waals surface area contributed by atoms with Crippen molar-refractivity contribution in [3.63, 3.8) is 0 Å². The summed E-state index contributed by atoms with van der Waals surface area (Å²) in [6.07, 6.45) is 3.16. The van der Waals surface area contributed by atoms with Crippen molar-refractivity contribution in [1.82, 2.24) is 15.0 Å². The van der Waals surface area contributed by atoms with E-state index < -0.39 is 0 Å². The minimum absolute atomic E-state index is 0.0112. The number of hydrogen-bond donors (Lipinski definition) is 1. The van der Waals surface area contributed by atoms with Crippen molar-refractivity contribution in [1.29, 1.82) is 0 Å². The summed E-state index contributed by atoms with van der Waals surface area (Å²) in [5.74, 6) is 0.383. The number of aromatic nitrogens is 3. The van der Waals surface area contributed by atoms with Gasteiger partial charge in [-0.05, 0) is 42.0 Å². The summed E-state index contributed by atoms with van der Waals surface area (Å²) in [6, 6.07) is 14.6. The number of Topliss-reactive ketones (excluding diaryl/α,β-unsaturated/α-hetero) is 1. The minimum Gasteiger partial charge on any atom is -0.503 e. The first-order chi connectivity index (χ1) is 15.0. The first-order valence-corrected chi connectivity index (χ1v) is 9.85. The Kier molecular flexibility index (Phi) is 5.68. The van der Waals surface area contributed by atoms with Gasteiger partial charge in [0.25, 0.3) is 0 Å². The number of rotatable bonds is 6. The molecular formula is C23H19ClN4O3. The van der Waals surface area contributed by atoms with Crippen LogP contribution >= 0.6 is 11.6 Å². The molecule has 0 aliphatic rings. The summed E-state index contributed by atoms with van der Waals surface area (Å²) < 4.78 is 5.05. The molecule has 7 nitrogen and oxygen atoms in total. The third-order valence-corrected chi connectivity index (χ3v) is 5.21. The first-order valence-electron chi connectivity index (χ1n) is 9.47. The predicted octanol–water partition coefficient (Wildman–Crippen LogP) is 4.59. The van der Waals surface area contributed by atoms with Gasteiger partial charge in [0.05, 0.1) is 18.3 Å². The highest BCUT2D eigenvalue weighted by molar-refractivity contribution is 6.32. The van der Waals surface area contributed by atoms with Crippen molar-refractivity contribution in [3.05, 3.63) is 77.3 Å². The molecule has 1 aromatic carbocycles. The number of anilines is 2. The van der Waals surface area contributed by atoms with Crippen LogP contribution in [0.5, 0.6) is 11.5 Å². The van der Waals surface area contributed by atoms with Gasteiger partial charge in [0.2, 0.25) is 0 Å². The fourth-order valence-corrected chi connectivity index (χ4v) is 3.53. The van der Waals surface area contributed by atoms with Gasteiger partial charge in [-0.2, -0.15) is 0 Å². The number of hydrogen-bond acceptors (Lipinski definition) is 7. The normalized spacial score (nSPS) is 10.8. The molecule has 4 aromatic rings. The molecule has 8 heteroatoms. The van der Waals surface area contributed by atoms with Gasteiger partial charge in [0.15, 0.2) is 28.1 Å². The lowest BCUT2D eigenvalue weighted by Crippen LogP contribution is -2.12. The van der Waals surface area contributed by atoms with E-state index in [4.69, 9.17) is 21.3 Å². The quantitative estimate of drug-likeness (QED) is 0.351. The Morgan fingerprint density at radius 1 is 1.13 bits per heavy atom. The third kappa shape index (κ3) is 4.13. The molecule has 0 amide bonds. The Labute approximate surface area is 183 Å². The van der Waals surface area contributed by atoms with E-state index >= 15 is 0 Å². The molecular weight excluding hydrogens is 416 g/mol. The molecule has 0 unspecified atom stereocenters. The van der Waals surface area contributed by atoms with Crippen LogP contribution in [0.25, 0.3) is 10.9 Å². The van der Waals surface area contributed by atoms with Crippen molar-refractivity contribution in [2.24, 2.45) is 0 Å².